The summed E-state index contributed by atoms with van der Waals surface area (Å²) in [7, 11) is 0. The second kappa shape index (κ2) is 6.23. The Morgan fingerprint density at radius 3 is 1.75 bits per heavy atom. The van der Waals surface area contributed by atoms with Crippen molar-refractivity contribution in [3.05, 3.63) is 71.8 Å². The summed E-state index contributed by atoms with van der Waals surface area (Å²) in [5.41, 5.74) is 2.70. The summed E-state index contributed by atoms with van der Waals surface area (Å²) in [6, 6.07) is 22.4. The van der Waals surface area contributed by atoms with Crippen LogP contribution in [0, 0.1) is 5.92 Å². The van der Waals surface area contributed by atoms with Crippen molar-refractivity contribution < 1.29 is 0 Å². The van der Waals surface area contributed by atoms with Crippen molar-refractivity contribution in [3.8, 4) is 0 Å². The lowest BCUT2D eigenvalue weighted by atomic mass is 9.80. The predicted octanol–water partition coefficient (Wildman–Crippen LogP) is 4.55. The van der Waals surface area contributed by atoms with E-state index in [1.807, 2.05) is 0 Å². The van der Waals surface area contributed by atoms with Crippen molar-refractivity contribution in [1.29, 1.82) is 0 Å². The van der Waals surface area contributed by atoms with Crippen LogP contribution in [0.25, 0.3) is 0 Å². The van der Waals surface area contributed by atoms with Crippen molar-refractivity contribution in [1.82, 2.24) is 5.32 Å². The van der Waals surface area contributed by atoms with E-state index in [0.717, 1.165) is 5.92 Å². The highest BCUT2D eigenvalue weighted by molar-refractivity contribution is 5.31. The zero-order valence-corrected chi connectivity index (χ0v) is 12.1. The van der Waals surface area contributed by atoms with Crippen LogP contribution in [-0.4, -0.2) is 6.04 Å². The Morgan fingerprint density at radius 2 is 1.35 bits per heavy atom. The molecule has 1 fully saturated rings. The average molecular weight is 265 g/mol. The molecule has 1 heteroatoms. The van der Waals surface area contributed by atoms with E-state index in [4.69, 9.17) is 0 Å². The zero-order chi connectivity index (χ0) is 13.8. The Labute approximate surface area is 122 Å². The maximum atomic E-state index is 3.85. The molecule has 0 bridgehead atoms. The zero-order valence-electron chi connectivity index (χ0n) is 12.1. The summed E-state index contributed by atoms with van der Waals surface area (Å²) in [5.74, 6) is 0.852. The van der Waals surface area contributed by atoms with E-state index < -0.39 is 0 Å². The third-order valence-corrected chi connectivity index (χ3v) is 4.55. The summed E-state index contributed by atoms with van der Waals surface area (Å²) >= 11 is 0. The molecule has 0 spiro atoms. The number of hydrogen-bond acceptors (Lipinski definition) is 1. The van der Waals surface area contributed by atoms with Crippen LogP contribution in [0.3, 0.4) is 0 Å². The Bertz CT molecular complexity index is 476. The quantitative estimate of drug-likeness (QED) is 0.836. The Kier molecular flexibility index (Phi) is 4.17. The van der Waals surface area contributed by atoms with Crippen LogP contribution in [0.15, 0.2) is 60.7 Å². The van der Waals surface area contributed by atoms with E-state index in [9.17, 15) is 0 Å². The molecule has 0 radical (unpaired) electrons. The van der Waals surface area contributed by atoms with Crippen molar-refractivity contribution >= 4 is 0 Å². The fourth-order valence-electron chi connectivity index (χ4n) is 3.01. The fourth-order valence-corrected chi connectivity index (χ4v) is 3.01. The van der Waals surface area contributed by atoms with Gasteiger partial charge in [0.2, 0.25) is 0 Å². The van der Waals surface area contributed by atoms with E-state index in [2.05, 4.69) is 72.9 Å². The van der Waals surface area contributed by atoms with Crippen LogP contribution in [0.5, 0.6) is 0 Å². The molecular weight excluding hydrogens is 242 g/mol. The van der Waals surface area contributed by atoms with Crippen molar-refractivity contribution in [2.75, 3.05) is 0 Å². The lowest BCUT2D eigenvalue weighted by Crippen LogP contribution is -2.39. The molecule has 20 heavy (non-hydrogen) atoms. The first-order valence-electron chi connectivity index (χ1n) is 7.70. The van der Waals surface area contributed by atoms with Gasteiger partial charge in [0.05, 0.1) is 6.04 Å². The Morgan fingerprint density at radius 1 is 0.850 bits per heavy atom. The third kappa shape index (κ3) is 2.94. The molecule has 0 saturated heterocycles. The minimum Gasteiger partial charge on any atom is -0.303 e. The fraction of sp³-hybridized carbons (Fsp3) is 0.368. The first-order chi connectivity index (χ1) is 9.84. The molecule has 0 aromatic heterocycles. The molecule has 0 heterocycles. The predicted molar refractivity (Wildman–Crippen MR) is 84.7 cm³/mol. The molecule has 1 unspecified atom stereocenters. The molecule has 104 valence electrons. The van der Waals surface area contributed by atoms with Gasteiger partial charge < -0.3 is 5.32 Å². The smallest absolute Gasteiger partial charge is 0.0578 e. The average Bonchev–Trinajstić information content (AvgIpc) is 2.45. The van der Waals surface area contributed by atoms with Gasteiger partial charge in [0.1, 0.15) is 0 Å². The maximum absolute atomic E-state index is 3.85. The molecule has 1 saturated carbocycles. The van der Waals surface area contributed by atoms with Crippen LogP contribution >= 0.6 is 0 Å². The molecule has 1 aliphatic carbocycles. The summed E-state index contributed by atoms with van der Waals surface area (Å²) in [4.78, 5) is 0. The molecule has 1 atom stereocenters. The van der Waals surface area contributed by atoms with Crippen LogP contribution in [0.1, 0.15) is 43.4 Å². The number of benzene rings is 2. The van der Waals surface area contributed by atoms with E-state index >= 15 is 0 Å². The molecular formula is C19H23N. The second-order valence-corrected chi connectivity index (χ2v) is 5.90. The van der Waals surface area contributed by atoms with Gasteiger partial charge in [-0.25, -0.2) is 0 Å². The standard InChI is InChI=1S/C19H23N/c1-15(16-13-8-14-16)20-19(17-9-4-2-5-10-17)18-11-6-3-7-12-18/h2-7,9-12,15-16,19-20H,8,13-14H2,1H3. The molecule has 3 rings (SSSR count). The molecule has 1 nitrogen and oxygen atoms in total. The van der Waals surface area contributed by atoms with Gasteiger partial charge in [0.25, 0.3) is 0 Å². The third-order valence-electron chi connectivity index (χ3n) is 4.55. The van der Waals surface area contributed by atoms with Crippen molar-refractivity contribution in [3.63, 3.8) is 0 Å². The molecule has 1 N–H and O–H groups in total. The molecule has 2 aromatic carbocycles. The van der Waals surface area contributed by atoms with Gasteiger partial charge in [0.15, 0.2) is 0 Å². The number of hydrogen-bond donors (Lipinski definition) is 1. The Hall–Kier alpha value is -1.60. The molecule has 0 aliphatic heterocycles. The Balaban J connectivity index is 1.83. The monoisotopic (exact) mass is 265 g/mol. The molecule has 1 aliphatic rings. The summed E-state index contributed by atoms with van der Waals surface area (Å²) in [5, 5.41) is 3.85. The lowest BCUT2D eigenvalue weighted by molar-refractivity contribution is 0.233. The van der Waals surface area contributed by atoms with E-state index in [1.54, 1.807) is 0 Å². The summed E-state index contributed by atoms with van der Waals surface area (Å²) in [6.07, 6.45) is 4.16. The van der Waals surface area contributed by atoms with Crippen LogP contribution in [-0.2, 0) is 0 Å². The minimum absolute atomic E-state index is 0.299. The summed E-state index contributed by atoms with van der Waals surface area (Å²) in [6.45, 7) is 2.34. The van der Waals surface area contributed by atoms with E-state index in [-0.39, 0.29) is 0 Å². The van der Waals surface area contributed by atoms with Crippen LogP contribution in [0.2, 0.25) is 0 Å². The first-order valence-corrected chi connectivity index (χ1v) is 7.70. The lowest BCUT2D eigenvalue weighted by Gasteiger charge is -2.35. The van der Waals surface area contributed by atoms with Gasteiger partial charge in [-0.1, -0.05) is 67.1 Å². The van der Waals surface area contributed by atoms with Gasteiger partial charge in [-0.15, -0.1) is 0 Å². The highest BCUT2D eigenvalue weighted by atomic mass is 15.0. The van der Waals surface area contributed by atoms with Crippen LogP contribution in [0.4, 0.5) is 0 Å². The van der Waals surface area contributed by atoms with Crippen molar-refractivity contribution in [2.45, 2.75) is 38.3 Å². The highest BCUT2D eigenvalue weighted by Crippen LogP contribution is 2.32. The van der Waals surface area contributed by atoms with Crippen molar-refractivity contribution in [2.24, 2.45) is 5.92 Å². The minimum atomic E-state index is 0.299. The maximum Gasteiger partial charge on any atom is 0.0578 e. The van der Waals surface area contributed by atoms with Gasteiger partial charge in [-0.05, 0) is 36.8 Å². The first kappa shape index (κ1) is 13.4. The molecule has 0 amide bonds. The summed E-state index contributed by atoms with van der Waals surface area (Å²) < 4.78 is 0. The van der Waals surface area contributed by atoms with Gasteiger partial charge in [-0.3, -0.25) is 0 Å². The largest absolute Gasteiger partial charge is 0.303 e. The number of rotatable bonds is 5. The van der Waals surface area contributed by atoms with Gasteiger partial charge in [0, 0.05) is 6.04 Å². The van der Waals surface area contributed by atoms with Gasteiger partial charge >= 0.3 is 0 Å². The van der Waals surface area contributed by atoms with E-state index in [1.165, 1.54) is 30.4 Å². The van der Waals surface area contributed by atoms with Crippen LogP contribution < -0.4 is 5.32 Å². The molecule has 2 aromatic rings. The topological polar surface area (TPSA) is 12.0 Å². The highest BCUT2D eigenvalue weighted by Gasteiger charge is 2.26. The number of nitrogens with one attached hydrogen (secondary N) is 1. The SMILES string of the molecule is CC(NC(c1ccccc1)c1ccccc1)C1CCC1. The van der Waals surface area contributed by atoms with Gasteiger partial charge in [-0.2, -0.15) is 0 Å². The second-order valence-electron chi connectivity index (χ2n) is 5.90. The normalized spacial score (nSPS) is 16.9. The van der Waals surface area contributed by atoms with E-state index in [0.29, 0.717) is 12.1 Å².